The topological polar surface area (TPSA) is 68.4 Å². The number of amides is 1. The van der Waals surface area contributed by atoms with E-state index in [9.17, 15) is 4.79 Å². The molecule has 0 radical (unpaired) electrons. The summed E-state index contributed by atoms with van der Waals surface area (Å²) in [6.45, 7) is 1.16. The van der Waals surface area contributed by atoms with Crippen molar-refractivity contribution in [1.82, 2.24) is 4.98 Å². The third kappa shape index (κ3) is 2.42. The van der Waals surface area contributed by atoms with Gasteiger partial charge in [-0.1, -0.05) is 0 Å². The molecule has 92 valence electrons. The number of ether oxygens (including phenoxy) is 1. The van der Waals surface area contributed by atoms with E-state index in [2.05, 4.69) is 20.9 Å². The summed E-state index contributed by atoms with van der Waals surface area (Å²) in [6, 6.07) is 3.62. The summed E-state index contributed by atoms with van der Waals surface area (Å²) in [5, 5.41) is 0. The maximum Gasteiger partial charge on any atom is 0.238 e. The molecule has 1 atom stereocenters. The van der Waals surface area contributed by atoms with E-state index in [1.807, 2.05) is 6.07 Å². The third-order valence-electron chi connectivity index (χ3n) is 2.83. The molecule has 5 nitrogen and oxygen atoms in total. The van der Waals surface area contributed by atoms with Crippen molar-refractivity contribution in [1.29, 1.82) is 0 Å². The Labute approximate surface area is 108 Å². The Morgan fingerprint density at radius 1 is 1.65 bits per heavy atom. The number of pyridine rings is 1. The SMILES string of the molecule is COc1nc(Br)ccc1N1CC(CN)CC1=O. The fourth-order valence-electron chi connectivity index (χ4n) is 1.94. The van der Waals surface area contributed by atoms with E-state index in [1.54, 1.807) is 18.1 Å². The third-order valence-corrected chi connectivity index (χ3v) is 3.27. The molecule has 0 aliphatic carbocycles. The summed E-state index contributed by atoms with van der Waals surface area (Å²) in [7, 11) is 1.54. The molecule has 6 heteroatoms. The monoisotopic (exact) mass is 299 g/mol. The van der Waals surface area contributed by atoms with Gasteiger partial charge in [0.2, 0.25) is 11.8 Å². The number of hydrogen-bond acceptors (Lipinski definition) is 4. The molecule has 1 saturated heterocycles. The van der Waals surface area contributed by atoms with E-state index >= 15 is 0 Å². The molecule has 0 bridgehead atoms. The predicted octanol–water partition coefficient (Wildman–Crippen LogP) is 1.16. The lowest BCUT2D eigenvalue weighted by Crippen LogP contribution is -2.26. The minimum absolute atomic E-state index is 0.0721. The molecule has 1 unspecified atom stereocenters. The van der Waals surface area contributed by atoms with Crippen LogP contribution in [0.25, 0.3) is 0 Å². The highest BCUT2D eigenvalue weighted by molar-refractivity contribution is 9.10. The van der Waals surface area contributed by atoms with E-state index in [4.69, 9.17) is 10.5 Å². The lowest BCUT2D eigenvalue weighted by atomic mass is 10.1. The zero-order chi connectivity index (χ0) is 12.4. The Hall–Kier alpha value is -1.14. The lowest BCUT2D eigenvalue weighted by molar-refractivity contribution is -0.117. The number of anilines is 1. The molecule has 0 aromatic carbocycles. The van der Waals surface area contributed by atoms with Gasteiger partial charge in [0.05, 0.1) is 7.11 Å². The second-order valence-corrected chi connectivity index (χ2v) is 4.79. The Morgan fingerprint density at radius 3 is 3.00 bits per heavy atom. The average Bonchev–Trinajstić information content (AvgIpc) is 2.70. The first kappa shape index (κ1) is 12.3. The van der Waals surface area contributed by atoms with Gasteiger partial charge >= 0.3 is 0 Å². The van der Waals surface area contributed by atoms with Crippen molar-refractivity contribution in [3.63, 3.8) is 0 Å². The van der Waals surface area contributed by atoms with Crippen LogP contribution in [0.5, 0.6) is 5.88 Å². The largest absolute Gasteiger partial charge is 0.479 e. The fourth-order valence-corrected chi connectivity index (χ4v) is 2.23. The van der Waals surface area contributed by atoms with Gasteiger partial charge in [0, 0.05) is 13.0 Å². The first-order chi connectivity index (χ1) is 8.15. The Balaban J connectivity index is 2.31. The Bertz CT molecular complexity index is 439. The number of nitrogens with zero attached hydrogens (tertiary/aromatic N) is 2. The fraction of sp³-hybridized carbons (Fsp3) is 0.455. The van der Waals surface area contributed by atoms with Crippen molar-refractivity contribution in [2.45, 2.75) is 6.42 Å². The summed E-state index contributed by atoms with van der Waals surface area (Å²) in [4.78, 5) is 17.8. The van der Waals surface area contributed by atoms with Crippen molar-refractivity contribution < 1.29 is 9.53 Å². The summed E-state index contributed by atoms with van der Waals surface area (Å²) >= 11 is 3.27. The van der Waals surface area contributed by atoms with E-state index < -0.39 is 0 Å². The minimum atomic E-state index is 0.0721. The molecule has 1 amide bonds. The van der Waals surface area contributed by atoms with Crippen LogP contribution in [0.4, 0.5) is 5.69 Å². The van der Waals surface area contributed by atoms with Gasteiger partial charge in [0.15, 0.2) is 0 Å². The van der Waals surface area contributed by atoms with Gasteiger partial charge in [0.25, 0.3) is 0 Å². The highest BCUT2D eigenvalue weighted by Crippen LogP contribution is 2.32. The van der Waals surface area contributed by atoms with Gasteiger partial charge in [-0.2, -0.15) is 0 Å². The van der Waals surface area contributed by atoms with Crippen LogP contribution in [0, 0.1) is 5.92 Å². The number of halogens is 1. The van der Waals surface area contributed by atoms with Gasteiger partial charge in [-0.05, 0) is 40.5 Å². The maximum absolute atomic E-state index is 11.9. The number of methoxy groups -OCH3 is 1. The van der Waals surface area contributed by atoms with E-state index in [-0.39, 0.29) is 11.8 Å². The highest BCUT2D eigenvalue weighted by atomic mass is 79.9. The second kappa shape index (κ2) is 5.01. The van der Waals surface area contributed by atoms with Crippen LogP contribution >= 0.6 is 15.9 Å². The maximum atomic E-state index is 11.9. The number of nitrogens with two attached hydrogens (primary N) is 1. The molecule has 1 aromatic heterocycles. The van der Waals surface area contributed by atoms with Crippen LogP contribution in [0.15, 0.2) is 16.7 Å². The highest BCUT2D eigenvalue weighted by Gasteiger charge is 2.31. The summed E-state index contributed by atoms with van der Waals surface area (Å²) in [5.74, 6) is 0.740. The first-order valence-corrected chi connectivity index (χ1v) is 6.16. The normalized spacial score (nSPS) is 19.8. The van der Waals surface area contributed by atoms with Crippen molar-refractivity contribution in [2.24, 2.45) is 11.7 Å². The number of aromatic nitrogens is 1. The van der Waals surface area contributed by atoms with Crippen LogP contribution in [-0.2, 0) is 4.79 Å². The quantitative estimate of drug-likeness (QED) is 0.851. The van der Waals surface area contributed by atoms with Crippen molar-refractivity contribution in [3.05, 3.63) is 16.7 Å². The molecular formula is C11H14BrN3O2. The van der Waals surface area contributed by atoms with Crippen LogP contribution in [-0.4, -0.2) is 31.1 Å². The van der Waals surface area contributed by atoms with E-state index in [1.165, 1.54) is 0 Å². The van der Waals surface area contributed by atoms with Gasteiger partial charge in [0.1, 0.15) is 10.3 Å². The molecule has 1 aliphatic heterocycles. The van der Waals surface area contributed by atoms with E-state index in [0.29, 0.717) is 35.7 Å². The Morgan fingerprint density at radius 2 is 2.41 bits per heavy atom. The average molecular weight is 300 g/mol. The molecule has 2 rings (SSSR count). The van der Waals surface area contributed by atoms with Gasteiger partial charge in [-0.25, -0.2) is 4.98 Å². The zero-order valence-corrected chi connectivity index (χ0v) is 11.1. The van der Waals surface area contributed by atoms with Crippen LogP contribution in [0.3, 0.4) is 0 Å². The number of rotatable bonds is 3. The van der Waals surface area contributed by atoms with Crippen LogP contribution < -0.4 is 15.4 Å². The van der Waals surface area contributed by atoms with E-state index in [0.717, 1.165) is 0 Å². The molecule has 1 fully saturated rings. The van der Waals surface area contributed by atoms with Gasteiger partial charge in [-0.3, -0.25) is 4.79 Å². The second-order valence-electron chi connectivity index (χ2n) is 3.97. The van der Waals surface area contributed by atoms with Gasteiger partial charge < -0.3 is 15.4 Å². The van der Waals surface area contributed by atoms with Crippen molar-refractivity contribution in [3.8, 4) is 5.88 Å². The molecule has 2 heterocycles. The van der Waals surface area contributed by atoms with Crippen LogP contribution in [0.1, 0.15) is 6.42 Å². The zero-order valence-electron chi connectivity index (χ0n) is 9.52. The molecule has 0 spiro atoms. The lowest BCUT2D eigenvalue weighted by Gasteiger charge is -2.18. The smallest absolute Gasteiger partial charge is 0.238 e. The summed E-state index contributed by atoms with van der Waals surface area (Å²) < 4.78 is 5.87. The van der Waals surface area contributed by atoms with Crippen LogP contribution in [0.2, 0.25) is 0 Å². The van der Waals surface area contributed by atoms with Gasteiger partial charge in [-0.15, -0.1) is 0 Å². The van der Waals surface area contributed by atoms with Crippen molar-refractivity contribution >= 4 is 27.5 Å². The first-order valence-electron chi connectivity index (χ1n) is 5.36. The molecule has 0 saturated carbocycles. The molecule has 1 aromatic rings. The molecular weight excluding hydrogens is 286 g/mol. The van der Waals surface area contributed by atoms with Crippen molar-refractivity contribution in [2.75, 3.05) is 25.1 Å². The standard InChI is InChI=1S/C11H14BrN3O2/c1-17-11-8(2-3-9(12)14-11)15-6-7(5-13)4-10(15)16/h2-3,7H,4-6,13H2,1H3. The Kier molecular flexibility index (Phi) is 3.63. The molecule has 2 N–H and O–H groups in total. The number of hydrogen-bond donors (Lipinski definition) is 1. The predicted molar refractivity (Wildman–Crippen MR) is 68.0 cm³/mol. The molecule has 1 aliphatic rings. The minimum Gasteiger partial charge on any atom is -0.479 e. The number of carbonyl (C=O) groups excluding carboxylic acids is 1. The summed E-state index contributed by atoms with van der Waals surface area (Å²) in [6.07, 6.45) is 0.496. The molecule has 17 heavy (non-hydrogen) atoms. The summed E-state index contributed by atoms with van der Waals surface area (Å²) in [5.41, 5.74) is 6.30. The number of carbonyl (C=O) groups is 1.